The molecule has 1 aromatic carbocycles. The fourth-order valence-electron chi connectivity index (χ4n) is 1.87. The van der Waals surface area contributed by atoms with Gasteiger partial charge in [0.25, 0.3) is 5.91 Å². The van der Waals surface area contributed by atoms with Gasteiger partial charge < -0.3 is 15.4 Å². The summed E-state index contributed by atoms with van der Waals surface area (Å²) in [6.45, 7) is 1.12. The normalized spacial score (nSPS) is 10.3. The van der Waals surface area contributed by atoms with Crippen molar-refractivity contribution in [3.63, 3.8) is 0 Å². The predicted molar refractivity (Wildman–Crippen MR) is 82.7 cm³/mol. The van der Waals surface area contributed by atoms with Crippen LogP contribution in [-0.4, -0.2) is 31.2 Å². The monoisotopic (exact) mass is 303 g/mol. The highest BCUT2D eigenvalue weighted by atomic mass is 19.1. The second-order valence-corrected chi connectivity index (χ2v) is 4.67. The molecule has 116 valence electrons. The second-order valence-electron chi connectivity index (χ2n) is 4.67. The summed E-state index contributed by atoms with van der Waals surface area (Å²) >= 11 is 0. The third-order valence-electron chi connectivity index (χ3n) is 2.96. The average Bonchev–Trinajstić information content (AvgIpc) is 2.54. The van der Waals surface area contributed by atoms with Crippen LogP contribution in [0.3, 0.4) is 0 Å². The van der Waals surface area contributed by atoms with Gasteiger partial charge in [-0.3, -0.25) is 9.78 Å². The summed E-state index contributed by atoms with van der Waals surface area (Å²) in [5, 5.41) is 5.68. The summed E-state index contributed by atoms with van der Waals surface area (Å²) in [5.74, 6) is -0.585. The molecule has 1 aromatic heterocycles. The van der Waals surface area contributed by atoms with Crippen LogP contribution in [0.25, 0.3) is 0 Å². The number of rotatable bonds is 7. The lowest BCUT2D eigenvalue weighted by molar-refractivity contribution is 0.0948. The molecular formula is C16H18FN3O2. The van der Waals surface area contributed by atoms with Gasteiger partial charge >= 0.3 is 0 Å². The van der Waals surface area contributed by atoms with Crippen molar-refractivity contribution < 1.29 is 13.9 Å². The zero-order valence-corrected chi connectivity index (χ0v) is 12.3. The van der Waals surface area contributed by atoms with E-state index in [1.807, 2.05) is 0 Å². The van der Waals surface area contributed by atoms with E-state index in [-0.39, 0.29) is 11.7 Å². The minimum atomic E-state index is -0.364. The highest BCUT2D eigenvalue weighted by Gasteiger charge is 2.07. The first-order valence-corrected chi connectivity index (χ1v) is 6.94. The molecule has 1 heterocycles. The minimum Gasteiger partial charge on any atom is -0.385 e. The average molecular weight is 303 g/mol. The van der Waals surface area contributed by atoms with E-state index in [1.165, 1.54) is 18.5 Å². The van der Waals surface area contributed by atoms with Crippen molar-refractivity contribution in [2.75, 3.05) is 25.6 Å². The van der Waals surface area contributed by atoms with Gasteiger partial charge in [0.05, 0.1) is 23.1 Å². The number of amides is 1. The molecule has 2 aromatic rings. The number of carbonyl (C=O) groups excluding carboxylic acids is 1. The second kappa shape index (κ2) is 8.09. The molecule has 2 rings (SSSR count). The molecule has 0 aliphatic rings. The van der Waals surface area contributed by atoms with Crippen molar-refractivity contribution in [1.29, 1.82) is 0 Å². The maximum Gasteiger partial charge on any atom is 0.252 e. The highest BCUT2D eigenvalue weighted by molar-refractivity contribution is 5.94. The van der Waals surface area contributed by atoms with Crippen LogP contribution in [0.15, 0.2) is 42.7 Å². The minimum absolute atomic E-state index is 0.221. The molecule has 0 spiro atoms. The number of benzene rings is 1. The first-order valence-electron chi connectivity index (χ1n) is 6.94. The van der Waals surface area contributed by atoms with E-state index in [4.69, 9.17) is 4.74 Å². The van der Waals surface area contributed by atoms with Crippen LogP contribution in [-0.2, 0) is 4.74 Å². The molecule has 2 N–H and O–H groups in total. The summed E-state index contributed by atoms with van der Waals surface area (Å²) in [5.41, 5.74) is 1.30. The van der Waals surface area contributed by atoms with Crippen LogP contribution in [0.1, 0.15) is 16.8 Å². The molecule has 5 nitrogen and oxygen atoms in total. The number of ether oxygens (including phenoxy) is 1. The zero-order chi connectivity index (χ0) is 15.8. The van der Waals surface area contributed by atoms with Crippen LogP contribution in [0.2, 0.25) is 0 Å². The lowest BCUT2D eigenvalue weighted by atomic mass is 10.2. The van der Waals surface area contributed by atoms with E-state index in [9.17, 15) is 9.18 Å². The Balaban J connectivity index is 2.00. The van der Waals surface area contributed by atoms with Crippen molar-refractivity contribution in [3.8, 4) is 0 Å². The van der Waals surface area contributed by atoms with Crippen LogP contribution >= 0.6 is 0 Å². The molecule has 0 fully saturated rings. The summed E-state index contributed by atoms with van der Waals surface area (Å²) in [7, 11) is 1.61. The SMILES string of the molecule is COCCCNC(=O)c1cncc(Nc2ccccc2F)c1. The molecule has 0 saturated carbocycles. The molecule has 22 heavy (non-hydrogen) atoms. The standard InChI is InChI=1S/C16H18FN3O2/c1-22-8-4-7-19-16(21)12-9-13(11-18-10-12)20-15-6-3-2-5-14(15)17/h2-3,5-6,9-11,20H,4,7-8H2,1H3,(H,19,21). The molecular weight excluding hydrogens is 285 g/mol. The molecule has 0 atom stereocenters. The van der Waals surface area contributed by atoms with E-state index in [1.54, 1.807) is 31.4 Å². The first-order chi connectivity index (χ1) is 10.7. The molecule has 1 amide bonds. The fourth-order valence-corrected chi connectivity index (χ4v) is 1.87. The predicted octanol–water partition coefficient (Wildman–Crippen LogP) is 2.73. The number of nitrogens with one attached hydrogen (secondary N) is 2. The van der Waals surface area contributed by atoms with E-state index in [0.717, 1.165) is 6.42 Å². The lowest BCUT2D eigenvalue weighted by Gasteiger charge is -2.09. The summed E-state index contributed by atoms with van der Waals surface area (Å²) < 4.78 is 18.5. The van der Waals surface area contributed by atoms with Gasteiger partial charge in [-0.15, -0.1) is 0 Å². The van der Waals surface area contributed by atoms with E-state index < -0.39 is 0 Å². The van der Waals surface area contributed by atoms with Gasteiger partial charge in [-0.2, -0.15) is 0 Å². The Hall–Kier alpha value is -2.47. The quantitative estimate of drug-likeness (QED) is 0.772. The lowest BCUT2D eigenvalue weighted by Crippen LogP contribution is -2.25. The number of anilines is 2. The van der Waals surface area contributed by atoms with E-state index in [2.05, 4.69) is 15.6 Å². The van der Waals surface area contributed by atoms with Crippen molar-refractivity contribution in [3.05, 3.63) is 54.1 Å². The maximum atomic E-state index is 13.6. The topological polar surface area (TPSA) is 63.2 Å². The molecule has 0 saturated heterocycles. The van der Waals surface area contributed by atoms with Gasteiger partial charge in [0.1, 0.15) is 5.82 Å². The highest BCUT2D eigenvalue weighted by Crippen LogP contribution is 2.19. The number of carbonyl (C=O) groups is 1. The summed E-state index contributed by atoms with van der Waals surface area (Å²) in [6, 6.07) is 7.95. The van der Waals surface area contributed by atoms with Crippen LogP contribution in [0.4, 0.5) is 15.8 Å². The Morgan fingerprint density at radius 2 is 2.14 bits per heavy atom. The first kappa shape index (κ1) is 15.9. The summed E-state index contributed by atoms with van der Waals surface area (Å²) in [6.07, 6.45) is 3.75. The Labute approximate surface area is 128 Å². The number of pyridine rings is 1. The van der Waals surface area contributed by atoms with Crippen molar-refractivity contribution in [2.24, 2.45) is 0 Å². The Bertz CT molecular complexity index is 634. The zero-order valence-electron chi connectivity index (χ0n) is 12.3. The third-order valence-corrected chi connectivity index (χ3v) is 2.96. The van der Waals surface area contributed by atoms with Crippen molar-refractivity contribution in [1.82, 2.24) is 10.3 Å². The van der Waals surface area contributed by atoms with Gasteiger partial charge in [-0.25, -0.2) is 4.39 Å². The third kappa shape index (κ3) is 4.53. The number of methoxy groups -OCH3 is 1. The summed E-state index contributed by atoms with van der Waals surface area (Å²) in [4.78, 5) is 16.0. The molecule has 0 aliphatic carbocycles. The number of hydrogen-bond donors (Lipinski definition) is 2. The molecule has 0 radical (unpaired) electrons. The van der Waals surface area contributed by atoms with Crippen LogP contribution in [0, 0.1) is 5.82 Å². The van der Waals surface area contributed by atoms with Gasteiger partial charge in [0.2, 0.25) is 0 Å². The number of para-hydroxylation sites is 1. The Kier molecular flexibility index (Phi) is 5.85. The smallest absolute Gasteiger partial charge is 0.252 e. The van der Waals surface area contributed by atoms with Gasteiger partial charge in [-0.1, -0.05) is 12.1 Å². The number of halogens is 1. The van der Waals surface area contributed by atoms with E-state index in [0.29, 0.717) is 30.1 Å². The molecule has 0 aliphatic heterocycles. The number of aromatic nitrogens is 1. The van der Waals surface area contributed by atoms with Crippen molar-refractivity contribution >= 4 is 17.3 Å². The van der Waals surface area contributed by atoms with Gasteiger partial charge in [-0.05, 0) is 24.6 Å². The number of hydrogen-bond acceptors (Lipinski definition) is 4. The molecule has 0 bridgehead atoms. The molecule has 6 heteroatoms. The van der Waals surface area contributed by atoms with Crippen LogP contribution in [0.5, 0.6) is 0 Å². The molecule has 0 unspecified atom stereocenters. The largest absolute Gasteiger partial charge is 0.385 e. The van der Waals surface area contributed by atoms with Crippen molar-refractivity contribution in [2.45, 2.75) is 6.42 Å². The van der Waals surface area contributed by atoms with Gasteiger partial charge in [0, 0.05) is 26.5 Å². The Morgan fingerprint density at radius 1 is 1.32 bits per heavy atom. The van der Waals surface area contributed by atoms with E-state index >= 15 is 0 Å². The fraction of sp³-hybridized carbons (Fsp3) is 0.250. The van der Waals surface area contributed by atoms with Crippen LogP contribution < -0.4 is 10.6 Å². The van der Waals surface area contributed by atoms with Gasteiger partial charge in [0.15, 0.2) is 0 Å². The Morgan fingerprint density at radius 3 is 2.91 bits per heavy atom. The number of nitrogens with zero attached hydrogens (tertiary/aromatic N) is 1. The maximum absolute atomic E-state index is 13.6.